The van der Waals surface area contributed by atoms with Crippen LogP contribution in [0.15, 0.2) is 69.5 Å². The van der Waals surface area contributed by atoms with E-state index in [1.54, 1.807) is 12.1 Å². The molecule has 0 aliphatic carbocycles. The van der Waals surface area contributed by atoms with Gasteiger partial charge in [-0.2, -0.15) is 8.42 Å². The minimum atomic E-state index is -3.98. The van der Waals surface area contributed by atoms with Crippen LogP contribution >= 0.6 is 11.8 Å². The van der Waals surface area contributed by atoms with Crippen molar-refractivity contribution < 1.29 is 22.4 Å². The zero-order valence-electron chi connectivity index (χ0n) is 15.7. The number of azide groups is 1. The van der Waals surface area contributed by atoms with Crippen LogP contribution in [-0.2, 0) is 19.0 Å². The molecule has 0 radical (unpaired) electrons. The van der Waals surface area contributed by atoms with Gasteiger partial charge in [-0.1, -0.05) is 52.8 Å². The molecule has 8 nitrogen and oxygen atoms in total. The first-order valence-electron chi connectivity index (χ1n) is 8.94. The molecular weight excluding hydrogens is 414 g/mol. The van der Waals surface area contributed by atoms with E-state index in [0.717, 1.165) is 10.5 Å². The first-order chi connectivity index (χ1) is 13.9. The molecule has 0 saturated carbocycles. The standard InChI is InChI=1S/C19H21N3O5S2/c1-13-7-9-15(10-8-13)29(24,25)26-12-18-17(23)11-16(21-22-20)19(27-18)28-14-5-3-2-4-6-14/h2-10,16-19,23H,11-12H2,1H3. The van der Waals surface area contributed by atoms with Crippen LogP contribution in [-0.4, -0.2) is 43.8 Å². The predicted octanol–water partition coefficient (Wildman–Crippen LogP) is 3.65. The number of aliphatic hydroxyl groups excluding tert-OH is 1. The number of aliphatic hydroxyl groups is 1. The lowest BCUT2D eigenvalue weighted by molar-refractivity contribution is -0.108. The summed E-state index contributed by atoms with van der Waals surface area (Å²) < 4.78 is 35.8. The van der Waals surface area contributed by atoms with Crippen molar-refractivity contribution in [1.29, 1.82) is 0 Å². The van der Waals surface area contributed by atoms with E-state index in [4.69, 9.17) is 14.5 Å². The van der Waals surface area contributed by atoms with Gasteiger partial charge in [0.05, 0.1) is 23.6 Å². The molecule has 4 unspecified atom stereocenters. The molecule has 1 aliphatic heterocycles. The van der Waals surface area contributed by atoms with E-state index in [2.05, 4.69) is 10.0 Å². The fourth-order valence-corrected chi connectivity index (χ4v) is 4.87. The topological polar surface area (TPSA) is 122 Å². The van der Waals surface area contributed by atoms with Crippen molar-refractivity contribution in [2.24, 2.45) is 5.11 Å². The number of rotatable bonds is 7. The highest BCUT2D eigenvalue weighted by molar-refractivity contribution is 7.99. The summed E-state index contributed by atoms with van der Waals surface area (Å²) in [5, 5.41) is 14.1. The van der Waals surface area contributed by atoms with Crippen LogP contribution in [0, 0.1) is 6.92 Å². The summed E-state index contributed by atoms with van der Waals surface area (Å²) in [4.78, 5) is 3.78. The molecule has 4 atom stereocenters. The molecule has 10 heteroatoms. The van der Waals surface area contributed by atoms with Crippen molar-refractivity contribution in [3.8, 4) is 0 Å². The summed E-state index contributed by atoms with van der Waals surface area (Å²) in [7, 11) is -3.98. The smallest absolute Gasteiger partial charge is 0.297 e. The van der Waals surface area contributed by atoms with Gasteiger partial charge in [-0.25, -0.2) is 0 Å². The Morgan fingerprint density at radius 2 is 1.93 bits per heavy atom. The molecule has 1 aliphatic rings. The Kier molecular flexibility index (Phi) is 7.18. The van der Waals surface area contributed by atoms with Crippen molar-refractivity contribution in [1.82, 2.24) is 0 Å². The largest absolute Gasteiger partial charge is 0.390 e. The highest BCUT2D eigenvalue weighted by atomic mass is 32.2. The van der Waals surface area contributed by atoms with Gasteiger partial charge in [0.2, 0.25) is 0 Å². The molecule has 1 heterocycles. The summed E-state index contributed by atoms with van der Waals surface area (Å²) in [5.74, 6) is 0. The first kappa shape index (κ1) is 21.6. The molecule has 1 N–H and O–H groups in total. The summed E-state index contributed by atoms with van der Waals surface area (Å²) in [6.07, 6.45) is -1.75. The second kappa shape index (κ2) is 9.62. The average Bonchev–Trinajstić information content (AvgIpc) is 2.70. The maximum atomic E-state index is 12.4. The Hall–Kier alpha value is -2.07. The molecule has 3 rings (SSSR count). The van der Waals surface area contributed by atoms with E-state index in [0.29, 0.717) is 0 Å². The maximum Gasteiger partial charge on any atom is 0.297 e. The lowest BCUT2D eigenvalue weighted by atomic mass is 10.0. The van der Waals surface area contributed by atoms with Crippen LogP contribution in [0.4, 0.5) is 0 Å². The fraction of sp³-hybridized carbons (Fsp3) is 0.368. The lowest BCUT2D eigenvalue weighted by Gasteiger charge is -2.37. The van der Waals surface area contributed by atoms with E-state index < -0.39 is 33.8 Å². The molecule has 29 heavy (non-hydrogen) atoms. The molecule has 0 bridgehead atoms. The second-order valence-electron chi connectivity index (χ2n) is 6.60. The number of hydrogen-bond donors (Lipinski definition) is 1. The first-order valence-corrected chi connectivity index (χ1v) is 11.2. The van der Waals surface area contributed by atoms with Crippen LogP contribution in [0.25, 0.3) is 10.4 Å². The average molecular weight is 436 g/mol. The van der Waals surface area contributed by atoms with Gasteiger partial charge in [-0.15, -0.1) is 0 Å². The monoisotopic (exact) mass is 435 g/mol. The van der Waals surface area contributed by atoms with Gasteiger partial charge in [-0.3, -0.25) is 4.18 Å². The van der Waals surface area contributed by atoms with E-state index in [9.17, 15) is 13.5 Å². The van der Waals surface area contributed by atoms with Crippen LogP contribution in [0.2, 0.25) is 0 Å². The highest BCUT2D eigenvalue weighted by Crippen LogP contribution is 2.35. The van der Waals surface area contributed by atoms with E-state index in [1.807, 2.05) is 37.3 Å². The number of ether oxygens (including phenoxy) is 1. The van der Waals surface area contributed by atoms with Crippen LogP contribution in [0.1, 0.15) is 12.0 Å². The fourth-order valence-electron chi connectivity index (χ4n) is 2.85. The van der Waals surface area contributed by atoms with E-state index in [-0.39, 0.29) is 17.9 Å². The lowest BCUT2D eigenvalue weighted by Crippen LogP contribution is -2.47. The minimum Gasteiger partial charge on any atom is -0.390 e. The van der Waals surface area contributed by atoms with Gasteiger partial charge >= 0.3 is 0 Å². The zero-order valence-corrected chi connectivity index (χ0v) is 17.3. The highest BCUT2D eigenvalue weighted by Gasteiger charge is 2.38. The van der Waals surface area contributed by atoms with E-state index >= 15 is 0 Å². The van der Waals surface area contributed by atoms with Crippen molar-refractivity contribution in [2.75, 3.05) is 6.61 Å². The molecule has 154 valence electrons. The van der Waals surface area contributed by atoms with Crippen LogP contribution < -0.4 is 0 Å². The number of benzene rings is 2. The molecule has 2 aromatic rings. The third kappa shape index (κ3) is 5.72. The van der Waals surface area contributed by atoms with Crippen molar-refractivity contribution >= 4 is 21.9 Å². The maximum absolute atomic E-state index is 12.4. The summed E-state index contributed by atoms with van der Waals surface area (Å²) in [6, 6.07) is 15.1. The number of aryl methyl sites for hydroxylation is 1. The van der Waals surface area contributed by atoms with Crippen LogP contribution in [0.5, 0.6) is 0 Å². The summed E-state index contributed by atoms with van der Waals surface area (Å²) >= 11 is 1.35. The Balaban J connectivity index is 1.70. The molecule has 2 aromatic carbocycles. The third-order valence-corrected chi connectivity index (χ3v) is 6.93. The van der Waals surface area contributed by atoms with E-state index in [1.165, 1.54) is 23.9 Å². The normalized spacial score (nSPS) is 24.6. The van der Waals surface area contributed by atoms with Gasteiger partial charge < -0.3 is 9.84 Å². The van der Waals surface area contributed by atoms with Gasteiger partial charge in [0.25, 0.3) is 10.1 Å². The van der Waals surface area contributed by atoms with Gasteiger partial charge in [0.1, 0.15) is 11.5 Å². The van der Waals surface area contributed by atoms with Crippen molar-refractivity contribution in [2.45, 2.75) is 46.8 Å². The Bertz CT molecular complexity index is 963. The van der Waals surface area contributed by atoms with Crippen molar-refractivity contribution in [3.63, 3.8) is 0 Å². The Morgan fingerprint density at radius 3 is 2.59 bits per heavy atom. The molecule has 0 aromatic heterocycles. The summed E-state index contributed by atoms with van der Waals surface area (Å²) in [6.45, 7) is 1.51. The summed E-state index contributed by atoms with van der Waals surface area (Å²) in [5.41, 5.74) is 9.17. The van der Waals surface area contributed by atoms with Crippen molar-refractivity contribution in [3.05, 3.63) is 70.6 Å². The van der Waals surface area contributed by atoms with Gasteiger partial charge in [0.15, 0.2) is 0 Å². The predicted molar refractivity (Wildman–Crippen MR) is 109 cm³/mol. The molecular formula is C19H21N3O5S2. The Morgan fingerprint density at radius 1 is 1.24 bits per heavy atom. The minimum absolute atomic E-state index is 0.0376. The Labute approximate surface area is 173 Å². The number of nitrogens with zero attached hydrogens (tertiary/aromatic N) is 3. The third-order valence-electron chi connectivity index (χ3n) is 4.43. The van der Waals surface area contributed by atoms with Gasteiger partial charge in [-0.05, 0) is 43.1 Å². The molecule has 0 spiro atoms. The SMILES string of the molecule is Cc1ccc(S(=O)(=O)OCC2OC(Sc3ccccc3)C(N=[N+]=[N-])CC2O)cc1. The quantitative estimate of drug-likeness (QED) is 0.307. The molecule has 1 saturated heterocycles. The zero-order chi connectivity index (χ0) is 20.9. The number of hydrogen-bond acceptors (Lipinski definition) is 7. The second-order valence-corrected chi connectivity index (χ2v) is 9.39. The number of thioether (sulfide) groups is 1. The van der Waals surface area contributed by atoms with Gasteiger partial charge in [0, 0.05) is 9.81 Å². The molecule has 0 amide bonds. The molecule has 1 fully saturated rings. The van der Waals surface area contributed by atoms with Crippen LogP contribution in [0.3, 0.4) is 0 Å².